The van der Waals surface area contributed by atoms with Crippen LogP contribution in [0.5, 0.6) is 0 Å². The molecule has 3 aliphatic rings. The Bertz CT molecular complexity index is 528. The lowest BCUT2D eigenvalue weighted by Crippen LogP contribution is -2.37. The van der Waals surface area contributed by atoms with Gasteiger partial charge in [-0.25, -0.2) is 4.79 Å². The van der Waals surface area contributed by atoms with Crippen LogP contribution in [0.2, 0.25) is 0 Å². The lowest BCUT2D eigenvalue weighted by Gasteiger charge is -2.29. The number of fused-ring (bicyclic) bond motifs is 8. The summed E-state index contributed by atoms with van der Waals surface area (Å²) in [4.78, 5) is 14.3. The van der Waals surface area contributed by atoms with E-state index in [1.54, 1.807) is 0 Å². The van der Waals surface area contributed by atoms with Gasteiger partial charge in [-0.05, 0) is 31.9 Å². The lowest BCUT2D eigenvalue weighted by atomic mass is 9.92. The van der Waals surface area contributed by atoms with Gasteiger partial charge in [0.05, 0.1) is 12.1 Å². The number of hydrogen-bond donors (Lipinski definition) is 0. The predicted octanol–water partition coefficient (Wildman–Crippen LogP) is 2.80. The lowest BCUT2D eigenvalue weighted by molar-refractivity contribution is 0.00425. The Morgan fingerprint density at radius 3 is 2.16 bits per heavy atom. The number of nitrogens with zero attached hydrogens (tertiary/aromatic N) is 1. The van der Waals surface area contributed by atoms with Crippen LogP contribution in [0.25, 0.3) is 0 Å². The molecule has 4 heteroatoms. The van der Waals surface area contributed by atoms with Crippen molar-refractivity contribution >= 4 is 6.09 Å². The number of hydrogen-bond acceptors (Lipinski definition) is 3. The molecule has 1 aromatic rings. The van der Waals surface area contributed by atoms with Gasteiger partial charge >= 0.3 is 6.09 Å². The molecule has 0 spiro atoms. The van der Waals surface area contributed by atoms with Crippen molar-refractivity contribution in [3.63, 3.8) is 0 Å². The molecule has 2 saturated heterocycles. The highest BCUT2D eigenvalue weighted by molar-refractivity contribution is 5.73. The van der Waals surface area contributed by atoms with Crippen LogP contribution < -0.4 is 0 Å². The summed E-state index contributed by atoms with van der Waals surface area (Å²) in [7, 11) is 0. The molecule has 0 radical (unpaired) electrons. The van der Waals surface area contributed by atoms with Gasteiger partial charge in [-0.1, -0.05) is 24.3 Å². The molecule has 4 atom stereocenters. The second-order valence-corrected chi connectivity index (χ2v) is 6.47. The Hall–Kier alpha value is -1.55. The molecular weight excluding hydrogens is 242 g/mol. The molecule has 4 rings (SSSR count). The molecule has 3 aliphatic heterocycles. The van der Waals surface area contributed by atoms with E-state index in [4.69, 9.17) is 9.47 Å². The van der Waals surface area contributed by atoms with Crippen LogP contribution in [0, 0.1) is 0 Å². The maximum absolute atomic E-state index is 12.4. The monoisotopic (exact) mass is 259 g/mol. The number of morpholine rings is 1. The molecule has 4 nitrogen and oxygen atoms in total. The van der Waals surface area contributed by atoms with Crippen LogP contribution in [0.15, 0.2) is 24.3 Å². The minimum Gasteiger partial charge on any atom is -0.444 e. The molecule has 2 fully saturated rings. The number of rotatable bonds is 0. The van der Waals surface area contributed by atoms with Gasteiger partial charge < -0.3 is 9.47 Å². The largest absolute Gasteiger partial charge is 0.444 e. The number of amides is 1. The Morgan fingerprint density at radius 2 is 1.68 bits per heavy atom. The maximum atomic E-state index is 12.4. The molecule has 0 saturated carbocycles. The molecule has 100 valence electrons. The summed E-state index contributed by atoms with van der Waals surface area (Å²) in [6.07, 6.45) is 0.120. The molecule has 4 unspecified atom stereocenters. The van der Waals surface area contributed by atoms with Crippen molar-refractivity contribution in [2.45, 2.75) is 50.7 Å². The highest BCUT2D eigenvalue weighted by Crippen LogP contribution is 2.62. The standard InChI is InChI=1S/C15H17NO3/c1-15(2,3)19-14(17)16-10-8-6-4-5-7-9(8)11(16)13-12(10)18-13/h4-7,10-13H,1-3H3. The highest BCUT2D eigenvalue weighted by Gasteiger charge is 2.68. The van der Waals surface area contributed by atoms with E-state index >= 15 is 0 Å². The van der Waals surface area contributed by atoms with Crippen molar-refractivity contribution in [3.8, 4) is 0 Å². The van der Waals surface area contributed by atoms with Crippen molar-refractivity contribution in [3.05, 3.63) is 35.4 Å². The Labute approximate surface area is 112 Å². The fourth-order valence-corrected chi connectivity index (χ4v) is 3.38. The molecule has 3 heterocycles. The van der Waals surface area contributed by atoms with Gasteiger partial charge in [-0.15, -0.1) is 0 Å². The summed E-state index contributed by atoms with van der Waals surface area (Å²) in [6.45, 7) is 5.69. The van der Waals surface area contributed by atoms with E-state index in [0.29, 0.717) is 0 Å². The Kier molecular flexibility index (Phi) is 1.97. The summed E-state index contributed by atoms with van der Waals surface area (Å²) in [5.41, 5.74) is 1.98. The first-order valence-corrected chi connectivity index (χ1v) is 6.73. The molecular formula is C15H17NO3. The molecule has 19 heavy (non-hydrogen) atoms. The van der Waals surface area contributed by atoms with E-state index < -0.39 is 5.60 Å². The number of ether oxygens (including phenoxy) is 2. The average molecular weight is 259 g/mol. The first-order chi connectivity index (χ1) is 8.97. The summed E-state index contributed by atoms with van der Waals surface area (Å²) in [6, 6.07) is 8.31. The number of benzene rings is 1. The van der Waals surface area contributed by atoms with Crippen molar-refractivity contribution in [1.82, 2.24) is 4.90 Å². The molecule has 1 amide bonds. The van der Waals surface area contributed by atoms with E-state index in [2.05, 4.69) is 12.1 Å². The normalized spacial score (nSPS) is 33.9. The van der Waals surface area contributed by atoms with Gasteiger partial charge in [0.1, 0.15) is 17.8 Å². The van der Waals surface area contributed by atoms with Gasteiger partial charge in [0, 0.05) is 0 Å². The van der Waals surface area contributed by atoms with Gasteiger partial charge in [-0.3, -0.25) is 4.90 Å². The van der Waals surface area contributed by atoms with E-state index in [9.17, 15) is 4.79 Å². The second-order valence-electron chi connectivity index (χ2n) is 6.47. The van der Waals surface area contributed by atoms with Crippen LogP contribution >= 0.6 is 0 Å². The molecule has 0 N–H and O–H groups in total. The van der Waals surface area contributed by atoms with E-state index in [1.807, 2.05) is 37.8 Å². The Balaban J connectivity index is 1.69. The zero-order valence-corrected chi connectivity index (χ0v) is 11.3. The quantitative estimate of drug-likeness (QED) is 0.673. The first kappa shape index (κ1) is 11.3. The van der Waals surface area contributed by atoms with Crippen LogP contribution in [-0.2, 0) is 9.47 Å². The van der Waals surface area contributed by atoms with Gasteiger partial charge in [0.2, 0.25) is 0 Å². The van der Waals surface area contributed by atoms with Gasteiger partial charge in [0.15, 0.2) is 0 Å². The van der Waals surface area contributed by atoms with Crippen molar-refractivity contribution in [1.29, 1.82) is 0 Å². The summed E-state index contributed by atoms with van der Waals surface area (Å²) >= 11 is 0. The smallest absolute Gasteiger partial charge is 0.411 e. The number of epoxide rings is 1. The van der Waals surface area contributed by atoms with Crippen LogP contribution in [0.4, 0.5) is 4.79 Å². The van der Waals surface area contributed by atoms with Crippen molar-refractivity contribution in [2.75, 3.05) is 0 Å². The van der Waals surface area contributed by atoms with Gasteiger partial charge in [0.25, 0.3) is 0 Å². The number of carbonyl (C=O) groups is 1. The topological polar surface area (TPSA) is 42.1 Å². The summed E-state index contributed by atoms with van der Waals surface area (Å²) < 4.78 is 11.2. The average Bonchev–Trinajstić information content (AvgIpc) is 2.95. The fourth-order valence-electron chi connectivity index (χ4n) is 3.38. The number of carbonyl (C=O) groups excluding carboxylic acids is 1. The zero-order chi connectivity index (χ0) is 13.4. The minimum atomic E-state index is -0.462. The van der Waals surface area contributed by atoms with Crippen molar-refractivity contribution in [2.24, 2.45) is 0 Å². The molecule has 0 aliphatic carbocycles. The fraction of sp³-hybridized carbons (Fsp3) is 0.533. The summed E-state index contributed by atoms with van der Waals surface area (Å²) in [5, 5.41) is 0. The SMILES string of the molecule is CC(C)(C)OC(=O)N1C2c3ccccc3C1C1OC12. The zero-order valence-electron chi connectivity index (χ0n) is 11.3. The minimum absolute atomic E-state index is 0.0426. The first-order valence-electron chi connectivity index (χ1n) is 6.73. The third-order valence-corrected chi connectivity index (χ3v) is 4.02. The molecule has 0 aromatic heterocycles. The highest BCUT2D eigenvalue weighted by atomic mass is 16.6. The Morgan fingerprint density at radius 1 is 1.16 bits per heavy atom. The molecule has 1 aromatic carbocycles. The van der Waals surface area contributed by atoms with Gasteiger partial charge in [-0.2, -0.15) is 0 Å². The van der Waals surface area contributed by atoms with E-state index in [0.717, 1.165) is 0 Å². The van der Waals surface area contributed by atoms with Crippen LogP contribution in [0.3, 0.4) is 0 Å². The molecule has 2 bridgehead atoms. The maximum Gasteiger partial charge on any atom is 0.411 e. The third-order valence-electron chi connectivity index (χ3n) is 4.02. The van der Waals surface area contributed by atoms with Crippen LogP contribution in [-0.4, -0.2) is 28.8 Å². The predicted molar refractivity (Wildman–Crippen MR) is 68.7 cm³/mol. The van der Waals surface area contributed by atoms with E-state index in [-0.39, 0.29) is 30.4 Å². The third kappa shape index (κ3) is 1.46. The van der Waals surface area contributed by atoms with E-state index in [1.165, 1.54) is 11.1 Å². The second kappa shape index (κ2) is 3.31. The van der Waals surface area contributed by atoms with Crippen molar-refractivity contribution < 1.29 is 14.3 Å². The summed E-state index contributed by atoms with van der Waals surface area (Å²) in [5.74, 6) is 0. The van der Waals surface area contributed by atoms with Crippen LogP contribution in [0.1, 0.15) is 44.0 Å².